The molecule has 3 aromatic rings. The fourth-order valence-electron chi connectivity index (χ4n) is 6.49. The average molecular weight is 528 g/mol. The van der Waals surface area contributed by atoms with Crippen LogP contribution in [0.25, 0.3) is 0 Å². The number of carbonyl (C=O) groups is 1. The van der Waals surface area contributed by atoms with Crippen molar-refractivity contribution in [2.45, 2.75) is 50.6 Å². The number of anilines is 2. The number of nitrogens with one attached hydrogen (secondary N) is 1. The van der Waals surface area contributed by atoms with E-state index in [1.54, 1.807) is 23.0 Å². The van der Waals surface area contributed by atoms with Crippen molar-refractivity contribution in [3.05, 3.63) is 82.5 Å². The number of carbonyl (C=O) groups excluding carboxylic acids is 1. The van der Waals surface area contributed by atoms with Gasteiger partial charge in [0.25, 0.3) is 5.56 Å². The van der Waals surface area contributed by atoms with E-state index >= 15 is 0 Å². The zero-order chi connectivity index (χ0) is 27.0. The third-order valence-corrected chi connectivity index (χ3v) is 8.93. The summed E-state index contributed by atoms with van der Waals surface area (Å²) in [4.78, 5) is 41.2. The van der Waals surface area contributed by atoms with Crippen molar-refractivity contribution in [2.75, 3.05) is 49.1 Å². The minimum atomic E-state index is -0.229. The Labute approximate surface area is 229 Å². The Kier molecular flexibility index (Phi) is 6.53. The number of piperidine rings is 1. The summed E-state index contributed by atoms with van der Waals surface area (Å²) >= 11 is 0. The van der Waals surface area contributed by atoms with E-state index in [1.807, 2.05) is 17.9 Å². The zero-order valence-corrected chi connectivity index (χ0v) is 22.8. The van der Waals surface area contributed by atoms with E-state index in [0.717, 1.165) is 62.8 Å². The molecule has 0 radical (unpaired) electrons. The van der Waals surface area contributed by atoms with Crippen molar-refractivity contribution in [3.8, 4) is 0 Å². The number of rotatable bonds is 6. The second-order valence-electron chi connectivity index (χ2n) is 11.6. The maximum absolute atomic E-state index is 13.2. The Bertz CT molecular complexity index is 1390. The highest BCUT2D eigenvalue weighted by atomic mass is 16.2. The molecule has 204 valence electrons. The highest BCUT2D eigenvalue weighted by Gasteiger charge is 2.44. The third-order valence-electron chi connectivity index (χ3n) is 8.93. The molecule has 0 saturated carbocycles. The Morgan fingerprint density at radius 2 is 1.59 bits per heavy atom. The van der Waals surface area contributed by atoms with Gasteiger partial charge in [0, 0.05) is 81.1 Å². The lowest BCUT2D eigenvalue weighted by molar-refractivity contribution is 0.215. The molecule has 9 nitrogen and oxygen atoms in total. The Morgan fingerprint density at radius 3 is 2.31 bits per heavy atom. The fraction of sp³-hybridized carbons (Fsp3) is 0.467. The normalized spacial score (nSPS) is 22.5. The van der Waals surface area contributed by atoms with Crippen LogP contribution in [-0.2, 0) is 12.0 Å². The van der Waals surface area contributed by atoms with Gasteiger partial charge in [-0.3, -0.25) is 4.79 Å². The van der Waals surface area contributed by atoms with Crippen LogP contribution in [0.3, 0.4) is 0 Å². The second kappa shape index (κ2) is 10.0. The molecular formula is C30H37N7O2. The van der Waals surface area contributed by atoms with E-state index < -0.39 is 0 Å². The van der Waals surface area contributed by atoms with Crippen LogP contribution in [0.1, 0.15) is 37.4 Å². The van der Waals surface area contributed by atoms with Gasteiger partial charge in [0.15, 0.2) is 0 Å². The first-order chi connectivity index (χ1) is 18.8. The Balaban J connectivity index is 1.08. The van der Waals surface area contributed by atoms with E-state index in [-0.39, 0.29) is 22.5 Å². The van der Waals surface area contributed by atoms with Crippen LogP contribution < -0.4 is 20.7 Å². The molecule has 6 rings (SSSR count). The molecule has 1 aromatic carbocycles. The van der Waals surface area contributed by atoms with E-state index in [9.17, 15) is 9.59 Å². The second-order valence-corrected chi connectivity index (χ2v) is 11.6. The topological polar surface area (TPSA) is 86.6 Å². The van der Waals surface area contributed by atoms with Gasteiger partial charge in [0.05, 0.1) is 5.54 Å². The molecule has 39 heavy (non-hydrogen) atoms. The van der Waals surface area contributed by atoms with Gasteiger partial charge < -0.3 is 24.6 Å². The van der Waals surface area contributed by atoms with Gasteiger partial charge in [-0.2, -0.15) is 0 Å². The van der Waals surface area contributed by atoms with Crippen molar-refractivity contribution in [3.63, 3.8) is 0 Å². The molecule has 1 unspecified atom stereocenters. The van der Waals surface area contributed by atoms with Crippen LogP contribution in [0.4, 0.5) is 16.4 Å². The number of aryl methyl sites for hydroxylation is 1. The van der Waals surface area contributed by atoms with Crippen molar-refractivity contribution in [1.82, 2.24) is 24.8 Å². The summed E-state index contributed by atoms with van der Waals surface area (Å²) in [5.41, 5.74) is 3.10. The molecular weight excluding hydrogens is 490 g/mol. The van der Waals surface area contributed by atoms with Crippen LogP contribution in [0.5, 0.6) is 0 Å². The molecule has 1 atom stereocenters. The molecule has 0 aliphatic carbocycles. The molecule has 1 N–H and O–H groups in total. The fourth-order valence-corrected chi connectivity index (χ4v) is 6.49. The summed E-state index contributed by atoms with van der Waals surface area (Å²) < 4.78 is 1.80. The lowest BCUT2D eigenvalue weighted by Crippen LogP contribution is -2.52. The highest BCUT2D eigenvalue weighted by molar-refractivity contribution is 5.78. The van der Waals surface area contributed by atoms with Crippen LogP contribution in [0.15, 0.2) is 65.7 Å². The van der Waals surface area contributed by atoms with Crippen molar-refractivity contribution < 1.29 is 4.79 Å². The van der Waals surface area contributed by atoms with Crippen molar-refractivity contribution in [1.29, 1.82) is 0 Å². The molecule has 3 aliphatic rings. The number of hydrogen-bond acceptors (Lipinski definition) is 6. The number of amides is 2. The summed E-state index contributed by atoms with van der Waals surface area (Å²) in [5, 5.41) is 3.25. The molecule has 0 bridgehead atoms. The molecule has 3 saturated heterocycles. The number of pyridine rings is 1. The molecule has 3 fully saturated rings. The van der Waals surface area contributed by atoms with Crippen LogP contribution >= 0.6 is 0 Å². The SMILES string of the molecule is Cc1cc(N2CCC(C)(c3ccccc3)C2)cc(=O)n1CCN1CC2(CCN(c3ncccn3)CC2)NC1=O. The van der Waals surface area contributed by atoms with Gasteiger partial charge in [0.2, 0.25) is 5.95 Å². The lowest BCUT2D eigenvalue weighted by Gasteiger charge is -2.38. The maximum atomic E-state index is 13.2. The van der Waals surface area contributed by atoms with Crippen LogP contribution in [0, 0.1) is 6.92 Å². The first-order valence-corrected chi connectivity index (χ1v) is 14.0. The van der Waals surface area contributed by atoms with Crippen LogP contribution in [-0.4, -0.2) is 70.3 Å². The molecule has 2 aromatic heterocycles. The van der Waals surface area contributed by atoms with Crippen molar-refractivity contribution in [2.24, 2.45) is 0 Å². The van der Waals surface area contributed by atoms with Gasteiger partial charge in [-0.15, -0.1) is 0 Å². The minimum Gasteiger partial charge on any atom is -0.370 e. The number of benzene rings is 1. The van der Waals surface area contributed by atoms with E-state index in [1.165, 1.54) is 5.56 Å². The first-order valence-electron chi connectivity index (χ1n) is 14.0. The van der Waals surface area contributed by atoms with Gasteiger partial charge in [0.1, 0.15) is 0 Å². The molecule has 1 spiro atoms. The van der Waals surface area contributed by atoms with Gasteiger partial charge in [-0.25, -0.2) is 14.8 Å². The highest BCUT2D eigenvalue weighted by Crippen LogP contribution is 2.36. The summed E-state index contributed by atoms with van der Waals surface area (Å²) in [7, 11) is 0. The summed E-state index contributed by atoms with van der Waals surface area (Å²) in [5.74, 6) is 0.741. The smallest absolute Gasteiger partial charge is 0.318 e. The number of hydrogen-bond donors (Lipinski definition) is 1. The number of nitrogens with zero attached hydrogens (tertiary/aromatic N) is 6. The minimum absolute atomic E-state index is 0.0104. The molecule has 9 heteroatoms. The maximum Gasteiger partial charge on any atom is 0.318 e. The first kappa shape index (κ1) is 25.4. The molecule has 5 heterocycles. The monoisotopic (exact) mass is 527 g/mol. The quantitative estimate of drug-likeness (QED) is 0.530. The van der Waals surface area contributed by atoms with Crippen LogP contribution in [0.2, 0.25) is 0 Å². The predicted molar refractivity (Wildman–Crippen MR) is 152 cm³/mol. The number of aromatic nitrogens is 3. The summed E-state index contributed by atoms with van der Waals surface area (Å²) in [6.45, 7) is 9.38. The van der Waals surface area contributed by atoms with Crippen molar-refractivity contribution >= 4 is 17.7 Å². The zero-order valence-electron chi connectivity index (χ0n) is 22.8. The Morgan fingerprint density at radius 1 is 0.872 bits per heavy atom. The predicted octanol–water partition coefficient (Wildman–Crippen LogP) is 3.18. The van der Waals surface area contributed by atoms with Gasteiger partial charge >= 0.3 is 6.03 Å². The molecule has 3 aliphatic heterocycles. The van der Waals surface area contributed by atoms with E-state index in [2.05, 4.69) is 68.4 Å². The average Bonchev–Trinajstić information content (AvgIpc) is 3.50. The lowest BCUT2D eigenvalue weighted by atomic mass is 9.82. The van der Waals surface area contributed by atoms with Gasteiger partial charge in [-0.1, -0.05) is 37.3 Å². The van der Waals surface area contributed by atoms with E-state index in [4.69, 9.17) is 0 Å². The van der Waals surface area contributed by atoms with E-state index in [0.29, 0.717) is 19.6 Å². The van der Waals surface area contributed by atoms with Gasteiger partial charge in [-0.05, 0) is 43.9 Å². The summed E-state index contributed by atoms with van der Waals surface area (Å²) in [6, 6.07) is 16.3. The number of urea groups is 1. The summed E-state index contributed by atoms with van der Waals surface area (Å²) in [6.07, 6.45) is 6.27. The Hall–Kier alpha value is -3.88. The third kappa shape index (κ3) is 4.97. The largest absolute Gasteiger partial charge is 0.370 e. The standard InChI is InChI=1S/C30H37N7O2/c1-23-19-25(35-14-9-29(2,21-35)24-7-4-3-5-8-24)20-26(38)37(23)18-17-36-22-30(33-28(36)39)10-15-34(16-11-30)27-31-12-6-13-32-27/h3-8,12-13,19-20H,9-11,14-18,21-22H2,1-2H3,(H,33,39). The molecule has 2 amide bonds.